The summed E-state index contributed by atoms with van der Waals surface area (Å²) in [5, 5.41) is 14.5. The number of ether oxygens (including phenoxy) is 1. The Balaban J connectivity index is 1.37. The van der Waals surface area contributed by atoms with Gasteiger partial charge in [0.1, 0.15) is 4.70 Å². The molecule has 0 aliphatic carbocycles. The quantitative estimate of drug-likeness (QED) is 0.400. The average Bonchev–Trinajstić information content (AvgIpc) is 3.55. The highest BCUT2D eigenvalue weighted by Crippen LogP contribution is 2.25. The fourth-order valence-electron chi connectivity index (χ4n) is 3.77. The van der Waals surface area contributed by atoms with E-state index in [9.17, 15) is 9.59 Å². The van der Waals surface area contributed by atoms with Gasteiger partial charge in [0.2, 0.25) is 11.7 Å². The Hall–Kier alpha value is -2.40. The number of thiophene rings is 1. The minimum absolute atomic E-state index is 0.00250. The smallest absolute Gasteiger partial charge is 0.272 e. The van der Waals surface area contributed by atoms with Crippen LogP contribution >= 0.6 is 34.7 Å². The van der Waals surface area contributed by atoms with Gasteiger partial charge in [0, 0.05) is 18.2 Å². The molecule has 1 aliphatic heterocycles. The van der Waals surface area contributed by atoms with Crippen molar-refractivity contribution in [2.24, 2.45) is 0 Å². The highest BCUT2D eigenvalue weighted by Gasteiger charge is 2.22. The molecule has 1 amide bonds. The van der Waals surface area contributed by atoms with Crippen LogP contribution in [0, 0.1) is 0 Å². The first-order valence-corrected chi connectivity index (χ1v) is 12.5. The third kappa shape index (κ3) is 4.15. The van der Waals surface area contributed by atoms with E-state index in [1.807, 2.05) is 34.0 Å². The summed E-state index contributed by atoms with van der Waals surface area (Å²) < 4.78 is 9.87. The normalized spacial score (nSPS) is 16.2. The van der Waals surface area contributed by atoms with Gasteiger partial charge in [-0.2, -0.15) is 0 Å². The van der Waals surface area contributed by atoms with Crippen molar-refractivity contribution in [2.45, 2.75) is 37.2 Å². The van der Waals surface area contributed by atoms with Crippen molar-refractivity contribution in [1.29, 1.82) is 0 Å². The van der Waals surface area contributed by atoms with E-state index in [4.69, 9.17) is 16.3 Å². The van der Waals surface area contributed by atoms with E-state index in [2.05, 4.69) is 15.5 Å². The lowest BCUT2D eigenvalue weighted by Gasteiger charge is -2.13. The first-order chi connectivity index (χ1) is 15.6. The Morgan fingerprint density at radius 2 is 2.19 bits per heavy atom. The molecule has 3 aromatic heterocycles. The molecule has 0 spiro atoms. The fraction of sp³-hybridized carbons (Fsp3) is 0.333. The fourth-order valence-corrected chi connectivity index (χ4v) is 5.56. The molecule has 0 bridgehead atoms. The molecule has 0 unspecified atom stereocenters. The van der Waals surface area contributed by atoms with Crippen molar-refractivity contribution in [1.82, 2.24) is 24.5 Å². The van der Waals surface area contributed by atoms with Crippen LogP contribution < -0.4 is 10.9 Å². The van der Waals surface area contributed by atoms with Gasteiger partial charge >= 0.3 is 0 Å². The molecule has 8 nitrogen and oxygen atoms in total. The second kappa shape index (κ2) is 9.22. The van der Waals surface area contributed by atoms with Crippen LogP contribution in [0.1, 0.15) is 18.4 Å². The number of benzene rings is 1. The monoisotopic (exact) mass is 489 g/mol. The van der Waals surface area contributed by atoms with E-state index in [-0.39, 0.29) is 23.3 Å². The molecule has 166 valence electrons. The van der Waals surface area contributed by atoms with Crippen molar-refractivity contribution < 1.29 is 9.53 Å². The van der Waals surface area contributed by atoms with E-state index in [0.29, 0.717) is 40.4 Å². The molecule has 0 radical (unpaired) electrons. The molecular weight excluding hydrogens is 470 g/mol. The van der Waals surface area contributed by atoms with Crippen molar-refractivity contribution in [3.8, 4) is 0 Å². The number of carbonyl (C=O) groups excluding carboxylic acids is 1. The molecule has 4 heterocycles. The van der Waals surface area contributed by atoms with Crippen LogP contribution in [0.5, 0.6) is 0 Å². The maximum Gasteiger partial charge on any atom is 0.272 e. The average molecular weight is 490 g/mol. The van der Waals surface area contributed by atoms with Gasteiger partial charge in [0.15, 0.2) is 5.16 Å². The Kier molecular flexibility index (Phi) is 6.18. The van der Waals surface area contributed by atoms with Crippen molar-refractivity contribution in [3.05, 3.63) is 56.7 Å². The molecule has 0 saturated carbocycles. The van der Waals surface area contributed by atoms with Crippen LogP contribution in [0.2, 0.25) is 5.02 Å². The van der Waals surface area contributed by atoms with Crippen LogP contribution in [-0.4, -0.2) is 43.5 Å². The number of aromatic nitrogens is 4. The molecule has 11 heteroatoms. The number of hydrogen-bond donors (Lipinski definition) is 1. The van der Waals surface area contributed by atoms with Gasteiger partial charge in [-0.3, -0.25) is 18.6 Å². The minimum Gasteiger partial charge on any atom is -0.376 e. The zero-order valence-corrected chi connectivity index (χ0v) is 19.4. The number of halogens is 1. The SMILES string of the molecule is O=C(CSc1nnc2n(C[C@@H]3CCCO3)c(=O)c3sccc3n12)NCc1ccccc1Cl. The molecule has 1 N–H and O–H groups in total. The number of thioether (sulfide) groups is 1. The number of nitrogens with one attached hydrogen (secondary N) is 1. The van der Waals surface area contributed by atoms with E-state index < -0.39 is 0 Å². The van der Waals surface area contributed by atoms with Crippen molar-refractivity contribution in [2.75, 3.05) is 12.4 Å². The first kappa shape index (κ1) is 21.4. The molecule has 5 rings (SSSR count). The predicted octanol–water partition coefficient (Wildman–Crippen LogP) is 3.35. The summed E-state index contributed by atoms with van der Waals surface area (Å²) in [6.45, 7) is 1.51. The summed E-state index contributed by atoms with van der Waals surface area (Å²) >= 11 is 8.83. The Labute approximate surface area is 196 Å². The van der Waals surface area contributed by atoms with Crippen LogP contribution in [0.3, 0.4) is 0 Å². The molecule has 1 fully saturated rings. The van der Waals surface area contributed by atoms with Crippen LogP contribution in [0.15, 0.2) is 45.7 Å². The standard InChI is InChI=1S/C21H20ClN5O3S2/c22-15-6-2-1-4-13(15)10-23-17(28)12-32-21-25-24-20-26(11-14-5-3-8-30-14)19(29)18-16(27(20)21)7-9-31-18/h1-2,4,6-7,9,14H,3,5,8,10-12H2,(H,23,28)/t14-/m0/s1. The maximum absolute atomic E-state index is 13.1. The number of rotatable bonds is 7. The number of amides is 1. The Bertz CT molecular complexity index is 1340. The lowest BCUT2D eigenvalue weighted by molar-refractivity contribution is -0.118. The highest BCUT2D eigenvalue weighted by molar-refractivity contribution is 7.99. The molecule has 4 aromatic rings. The summed E-state index contributed by atoms with van der Waals surface area (Å²) in [6, 6.07) is 9.29. The van der Waals surface area contributed by atoms with Crippen molar-refractivity contribution >= 4 is 56.6 Å². The molecule has 32 heavy (non-hydrogen) atoms. The van der Waals surface area contributed by atoms with E-state index in [1.165, 1.54) is 23.1 Å². The molecular formula is C21H20ClN5O3S2. The first-order valence-electron chi connectivity index (χ1n) is 10.2. The number of fused-ring (bicyclic) bond motifs is 3. The van der Waals surface area contributed by atoms with E-state index in [0.717, 1.165) is 23.9 Å². The second-order valence-corrected chi connectivity index (χ2v) is 9.73. The van der Waals surface area contributed by atoms with E-state index in [1.54, 1.807) is 10.6 Å². The van der Waals surface area contributed by atoms with Gasteiger partial charge in [-0.25, -0.2) is 0 Å². The summed E-state index contributed by atoms with van der Waals surface area (Å²) in [6.07, 6.45) is 1.91. The largest absolute Gasteiger partial charge is 0.376 e. The summed E-state index contributed by atoms with van der Waals surface area (Å²) in [5.74, 6) is 0.498. The zero-order chi connectivity index (χ0) is 22.1. The van der Waals surface area contributed by atoms with Crippen LogP contribution in [0.4, 0.5) is 0 Å². The number of carbonyl (C=O) groups is 1. The lowest BCUT2D eigenvalue weighted by atomic mass is 10.2. The van der Waals surface area contributed by atoms with E-state index >= 15 is 0 Å². The van der Waals surface area contributed by atoms with Gasteiger partial charge in [0.25, 0.3) is 5.56 Å². The second-order valence-electron chi connectivity index (χ2n) is 7.46. The number of hydrogen-bond acceptors (Lipinski definition) is 7. The van der Waals surface area contributed by atoms with Gasteiger partial charge in [-0.1, -0.05) is 41.6 Å². The lowest BCUT2D eigenvalue weighted by Crippen LogP contribution is -2.28. The maximum atomic E-state index is 13.1. The summed E-state index contributed by atoms with van der Waals surface area (Å²) in [4.78, 5) is 25.5. The topological polar surface area (TPSA) is 90.5 Å². The van der Waals surface area contributed by atoms with Crippen LogP contribution in [-0.2, 0) is 22.6 Å². The molecule has 1 atom stereocenters. The predicted molar refractivity (Wildman–Crippen MR) is 126 cm³/mol. The Morgan fingerprint density at radius 3 is 3.00 bits per heavy atom. The Morgan fingerprint density at radius 1 is 1.31 bits per heavy atom. The van der Waals surface area contributed by atoms with Crippen molar-refractivity contribution in [3.63, 3.8) is 0 Å². The van der Waals surface area contributed by atoms with Gasteiger partial charge in [0.05, 0.1) is 23.9 Å². The third-order valence-corrected chi connectivity index (χ3v) is 7.55. The van der Waals surface area contributed by atoms with Gasteiger partial charge in [-0.05, 0) is 35.9 Å². The van der Waals surface area contributed by atoms with Gasteiger partial charge < -0.3 is 10.1 Å². The zero-order valence-electron chi connectivity index (χ0n) is 17.0. The summed E-state index contributed by atoms with van der Waals surface area (Å²) in [7, 11) is 0. The van der Waals surface area contributed by atoms with Crippen LogP contribution in [0.25, 0.3) is 16.0 Å². The molecule has 1 aromatic carbocycles. The minimum atomic E-state index is -0.138. The third-order valence-electron chi connectivity index (χ3n) is 5.36. The number of nitrogens with zero attached hydrogens (tertiary/aromatic N) is 4. The molecule has 1 aliphatic rings. The van der Waals surface area contributed by atoms with Gasteiger partial charge in [-0.15, -0.1) is 21.5 Å². The molecule has 1 saturated heterocycles. The summed E-state index contributed by atoms with van der Waals surface area (Å²) in [5.41, 5.74) is 1.53. The highest BCUT2D eigenvalue weighted by atomic mass is 35.5.